The Morgan fingerprint density at radius 3 is 2.64 bits per heavy atom. The van der Waals surface area contributed by atoms with Gasteiger partial charge in [-0.15, -0.1) is 0 Å². The monoisotopic (exact) mass is 188 g/mol. The summed E-state index contributed by atoms with van der Waals surface area (Å²) in [7, 11) is 3.60. The van der Waals surface area contributed by atoms with Crippen molar-refractivity contribution >= 4 is 12.2 Å². The van der Waals surface area contributed by atoms with Crippen LogP contribution in [0.1, 0.15) is 11.3 Å². The number of nitrogens with zero attached hydrogens (tertiary/aromatic N) is 5. The van der Waals surface area contributed by atoms with Crippen LogP contribution in [0.25, 0.3) is 0 Å². The van der Waals surface area contributed by atoms with Crippen LogP contribution in [0.4, 0.5) is 5.82 Å². The van der Waals surface area contributed by atoms with Crippen LogP contribution in [0.2, 0.25) is 0 Å². The maximum atomic E-state index is 8.74. The van der Waals surface area contributed by atoms with Gasteiger partial charge in [-0.3, -0.25) is 5.10 Å². The smallest absolute Gasteiger partial charge is 0.194 e. The summed E-state index contributed by atoms with van der Waals surface area (Å²) in [6, 6.07) is 3.70. The van der Waals surface area contributed by atoms with Gasteiger partial charge in [-0.1, -0.05) is 0 Å². The third-order valence-electron chi connectivity index (χ3n) is 1.38. The van der Waals surface area contributed by atoms with Crippen molar-refractivity contribution in [1.29, 1.82) is 10.5 Å². The number of nitrogens with one attached hydrogen (secondary N) is 1. The van der Waals surface area contributed by atoms with E-state index in [9.17, 15) is 0 Å². The average Bonchev–Trinajstić information content (AvgIpc) is 2.56. The largest absolute Gasteiger partial charge is 0.369 e. The molecule has 6 heteroatoms. The summed E-state index contributed by atoms with van der Waals surface area (Å²) in [5, 5.41) is 23.5. The van der Waals surface area contributed by atoms with E-state index >= 15 is 0 Å². The first-order valence-electron chi connectivity index (χ1n) is 3.78. The van der Waals surface area contributed by atoms with Crippen molar-refractivity contribution in [3.05, 3.63) is 11.3 Å². The molecule has 70 valence electrons. The summed E-state index contributed by atoms with van der Waals surface area (Å²) in [5.41, 5.74) is 0.309. The number of hydrogen-bond acceptors (Lipinski definition) is 4. The van der Waals surface area contributed by atoms with Gasteiger partial charge in [-0.2, -0.15) is 15.6 Å². The van der Waals surface area contributed by atoms with Crippen LogP contribution >= 0.6 is 0 Å². The fourth-order valence-corrected chi connectivity index (χ4v) is 0.783. The highest BCUT2D eigenvalue weighted by molar-refractivity contribution is 5.64. The maximum Gasteiger partial charge on any atom is 0.194 e. The molecule has 0 atom stereocenters. The highest BCUT2D eigenvalue weighted by atomic mass is 15.2. The second-order valence-electron chi connectivity index (χ2n) is 2.73. The predicted molar refractivity (Wildman–Crippen MR) is 49.9 cm³/mol. The lowest BCUT2D eigenvalue weighted by molar-refractivity contribution is 0.643. The molecule has 6 nitrogen and oxygen atoms in total. The normalized spacial score (nSPS) is 9.71. The Labute approximate surface area is 81.1 Å². The number of rotatable bonds is 2. The molecule has 0 bridgehead atoms. The molecule has 0 radical (unpaired) electrons. The van der Waals surface area contributed by atoms with E-state index in [1.165, 1.54) is 6.34 Å². The minimum absolute atomic E-state index is 0.137. The summed E-state index contributed by atoms with van der Waals surface area (Å²) in [6.07, 6.45) is 1.51. The summed E-state index contributed by atoms with van der Waals surface area (Å²) >= 11 is 0. The standard InChI is InChI=1S/C8H8N6/c1-14(2)5-11-8-6(3-9)7(4-10)12-13-8/h5H,1-2H3,(H,12,13). The molecule has 0 fully saturated rings. The molecule has 1 N–H and O–H groups in total. The summed E-state index contributed by atoms with van der Waals surface area (Å²) < 4.78 is 0. The zero-order valence-corrected chi connectivity index (χ0v) is 7.81. The third kappa shape index (κ3) is 1.87. The molecular formula is C8H8N6. The molecule has 0 aliphatic heterocycles. The van der Waals surface area contributed by atoms with E-state index in [1.54, 1.807) is 19.0 Å². The van der Waals surface area contributed by atoms with Crippen LogP contribution in [-0.4, -0.2) is 35.5 Å². The van der Waals surface area contributed by atoms with E-state index in [0.29, 0.717) is 0 Å². The Morgan fingerprint density at radius 1 is 1.43 bits per heavy atom. The van der Waals surface area contributed by atoms with Gasteiger partial charge < -0.3 is 4.90 Å². The van der Waals surface area contributed by atoms with Crippen LogP contribution in [0.3, 0.4) is 0 Å². The number of aliphatic imine (C=N–C) groups is 1. The first kappa shape index (κ1) is 9.75. The summed E-state index contributed by atoms with van der Waals surface area (Å²) in [4.78, 5) is 5.64. The number of H-pyrrole nitrogens is 1. The van der Waals surface area contributed by atoms with Gasteiger partial charge in [0.1, 0.15) is 17.7 Å². The van der Waals surface area contributed by atoms with Crippen LogP contribution in [0, 0.1) is 22.7 Å². The van der Waals surface area contributed by atoms with Gasteiger partial charge in [-0.05, 0) is 0 Å². The van der Waals surface area contributed by atoms with Crippen molar-refractivity contribution in [2.75, 3.05) is 14.1 Å². The van der Waals surface area contributed by atoms with Crippen LogP contribution in [0.5, 0.6) is 0 Å². The Kier molecular flexibility index (Phi) is 2.82. The number of nitriles is 2. The number of hydrogen-bond donors (Lipinski definition) is 1. The van der Waals surface area contributed by atoms with Crippen molar-refractivity contribution in [3.63, 3.8) is 0 Å². The molecule has 0 amide bonds. The van der Waals surface area contributed by atoms with Gasteiger partial charge >= 0.3 is 0 Å². The molecule has 0 saturated heterocycles. The van der Waals surface area contributed by atoms with Crippen molar-refractivity contribution in [1.82, 2.24) is 15.1 Å². The van der Waals surface area contributed by atoms with Crippen LogP contribution < -0.4 is 0 Å². The van der Waals surface area contributed by atoms with Gasteiger partial charge in [0.2, 0.25) is 0 Å². The molecule has 0 aliphatic rings. The maximum absolute atomic E-state index is 8.74. The first-order chi connectivity index (χ1) is 6.69. The molecule has 14 heavy (non-hydrogen) atoms. The van der Waals surface area contributed by atoms with Gasteiger partial charge in [-0.25, -0.2) is 4.99 Å². The third-order valence-corrected chi connectivity index (χ3v) is 1.38. The second-order valence-corrected chi connectivity index (χ2v) is 2.73. The molecule has 1 heterocycles. The molecule has 1 rings (SSSR count). The molecule has 0 aromatic carbocycles. The first-order valence-corrected chi connectivity index (χ1v) is 3.78. The Morgan fingerprint density at radius 2 is 2.14 bits per heavy atom. The highest BCUT2D eigenvalue weighted by Crippen LogP contribution is 2.16. The Balaban J connectivity index is 3.07. The lowest BCUT2D eigenvalue weighted by Gasteiger charge is -2.00. The minimum atomic E-state index is 0.137. The zero-order valence-electron chi connectivity index (χ0n) is 7.81. The molecule has 0 saturated carbocycles. The molecule has 1 aromatic rings. The average molecular weight is 188 g/mol. The van der Waals surface area contributed by atoms with Gasteiger partial charge in [0, 0.05) is 14.1 Å². The van der Waals surface area contributed by atoms with Crippen molar-refractivity contribution in [3.8, 4) is 12.1 Å². The molecule has 0 unspecified atom stereocenters. The van der Waals surface area contributed by atoms with Crippen molar-refractivity contribution < 1.29 is 0 Å². The van der Waals surface area contributed by atoms with Crippen LogP contribution in [-0.2, 0) is 0 Å². The fraction of sp³-hybridized carbons (Fsp3) is 0.250. The molecular weight excluding hydrogens is 180 g/mol. The summed E-state index contributed by atoms with van der Waals surface area (Å²) in [5.74, 6) is 0.234. The Hall–Kier alpha value is -2.34. The van der Waals surface area contributed by atoms with Gasteiger partial charge in [0.05, 0.1) is 6.34 Å². The van der Waals surface area contributed by atoms with Gasteiger partial charge in [0.25, 0.3) is 0 Å². The topological polar surface area (TPSA) is 91.9 Å². The van der Waals surface area contributed by atoms with E-state index < -0.39 is 0 Å². The molecule has 0 spiro atoms. The fourth-order valence-electron chi connectivity index (χ4n) is 0.783. The van der Waals surface area contributed by atoms with E-state index in [1.807, 2.05) is 12.1 Å². The van der Waals surface area contributed by atoms with Crippen LogP contribution in [0.15, 0.2) is 4.99 Å². The highest BCUT2D eigenvalue weighted by Gasteiger charge is 2.10. The lowest BCUT2D eigenvalue weighted by Crippen LogP contribution is -2.07. The zero-order chi connectivity index (χ0) is 10.6. The quantitative estimate of drug-likeness (QED) is 0.536. The summed E-state index contributed by atoms with van der Waals surface area (Å²) in [6.45, 7) is 0. The predicted octanol–water partition coefficient (Wildman–Crippen LogP) is 0.374. The van der Waals surface area contributed by atoms with Crippen molar-refractivity contribution in [2.45, 2.75) is 0 Å². The van der Waals surface area contributed by atoms with Crippen molar-refractivity contribution in [2.24, 2.45) is 4.99 Å². The minimum Gasteiger partial charge on any atom is -0.369 e. The lowest BCUT2D eigenvalue weighted by atomic mass is 10.3. The van der Waals surface area contributed by atoms with E-state index in [2.05, 4.69) is 15.2 Å². The van der Waals surface area contributed by atoms with E-state index in [-0.39, 0.29) is 17.1 Å². The van der Waals surface area contributed by atoms with E-state index in [4.69, 9.17) is 10.5 Å². The SMILES string of the molecule is CN(C)C=Nc1n[nH]c(C#N)c1C#N. The number of aromatic amines is 1. The second kappa shape index (κ2) is 4.06. The number of aromatic nitrogens is 2. The molecule has 1 aromatic heterocycles. The van der Waals surface area contributed by atoms with Gasteiger partial charge in [0.15, 0.2) is 11.5 Å². The molecule has 0 aliphatic carbocycles. The Bertz CT molecular complexity index is 428. The van der Waals surface area contributed by atoms with E-state index in [0.717, 1.165) is 0 Å².